The Balaban J connectivity index is 0.00000506. The number of halogens is 2. The molecule has 2 aromatic carbocycles. The lowest BCUT2D eigenvalue weighted by atomic mass is 10.0. The highest BCUT2D eigenvalue weighted by Crippen LogP contribution is 2.41. The van der Waals surface area contributed by atoms with Gasteiger partial charge in [0.2, 0.25) is 5.75 Å². The Morgan fingerprint density at radius 1 is 0.884 bits per heavy atom. The molecule has 1 unspecified atom stereocenters. The van der Waals surface area contributed by atoms with Crippen molar-refractivity contribution in [1.82, 2.24) is 9.88 Å². The zero-order valence-electron chi connectivity index (χ0n) is 26.5. The summed E-state index contributed by atoms with van der Waals surface area (Å²) in [6.07, 6.45) is 4.35. The standard InChI is InChI=1S/C34H45BrN3O4.BrH/c1-8-38(9-2,22-26-15-23(3)14-24(4)16-26)13-11-10-12-37-29(32-28(34(37)39)20-27(35)21-36-32)17-25-18-30(40-5)33(42-7)31(19-25)41-6;/h14-16,18-21,29H,8-13,17,22H2,1-7H3;1H/q+1;/p-1. The van der Waals surface area contributed by atoms with Crippen LogP contribution in [0.1, 0.15) is 71.0 Å². The zero-order valence-corrected chi connectivity index (χ0v) is 29.7. The highest BCUT2D eigenvalue weighted by Gasteiger charge is 2.38. The predicted molar refractivity (Wildman–Crippen MR) is 171 cm³/mol. The number of aryl methyl sites for hydroxylation is 2. The number of pyridine rings is 1. The van der Waals surface area contributed by atoms with Crippen molar-refractivity contribution in [2.75, 3.05) is 47.5 Å². The van der Waals surface area contributed by atoms with Gasteiger partial charge in [0, 0.05) is 22.8 Å². The number of aromatic nitrogens is 1. The first-order valence-electron chi connectivity index (χ1n) is 14.8. The number of methoxy groups -OCH3 is 3. The Hall–Kier alpha value is -2.62. The number of hydrogen-bond acceptors (Lipinski definition) is 5. The van der Waals surface area contributed by atoms with Crippen LogP contribution in [0.4, 0.5) is 0 Å². The molecule has 43 heavy (non-hydrogen) atoms. The van der Waals surface area contributed by atoms with Crippen LogP contribution in [-0.2, 0) is 13.0 Å². The molecule has 0 spiro atoms. The van der Waals surface area contributed by atoms with Gasteiger partial charge in [0.05, 0.1) is 58.3 Å². The van der Waals surface area contributed by atoms with E-state index >= 15 is 0 Å². The van der Waals surface area contributed by atoms with Gasteiger partial charge in [-0.1, -0.05) is 29.3 Å². The first kappa shape index (κ1) is 34.9. The number of amides is 1. The molecule has 0 fully saturated rings. The molecule has 0 saturated carbocycles. The topological polar surface area (TPSA) is 60.9 Å². The third kappa shape index (κ3) is 7.91. The lowest BCUT2D eigenvalue weighted by Gasteiger charge is -2.37. The minimum atomic E-state index is -0.171. The Morgan fingerprint density at radius 2 is 1.51 bits per heavy atom. The van der Waals surface area contributed by atoms with Crippen molar-refractivity contribution in [2.24, 2.45) is 0 Å². The number of rotatable bonds is 14. The number of ether oxygens (including phenoxy) is 3. The van der Waals surface area contributed by atoms with E-state index in [0.717, 1.165) is 59.2 Å². The van der Waals surface area contributed by atoms with Crippen LogP contribution < -0.4 is 31.2 Å². The summed E-state index contributed by atoms with van der Waals surface area (Å²) in [7, 11) is 4.83. The van der Waals surface area contributed by atoms with Gasteiger partial charge < -0.3 is 40.6 Å². The lowest BCUT2D eigenvalue weighted by molar-refractivity contribution is -0.938. The highest BCUT2D eigenvalue weighted by atomic mass is 79.9. The fraction of sp³-hybridized carbons (Fsp3) is 0.471. The van der Waals surface area contributed by atoms with Gasteiger partial charge in [0.1, 0.15) is 6.54 Å². The molecule has 7 nitrogen and oxygen atoms in total. The van der Waals surface area contributed by atoms with Gasteiger partial charge in [-0.3, -0.25) is 9.78 Å². The Bertz CT molecular complexity index is 1370. The number of carbonyl (C=O) groups excluding carboxylic acids is 1. The van der Waals surface area contributed by atoms with E-state index in [0.29, 0.717) is 35.8 Å². The van der Waals surface area contributed by atoms with Crippen LogP contribution in [0.25, 0.3) is 0 Å². The van der Waals surface area contributed by atoms with Crippen LogP contribution in [-0.4, -0.2) is 67.8 Å². The zero-order chi connectivity index (χ0) is 30.4. The van der Waals surface area contributed by atoms with Crippen molar-refractivity contribution >= 4 is 21.8 Å². The van der Waals surface area contributed by atoms with Gasteiger partial charge in [-0.25, -0.2) is 0 Å². The third-order valence-corrected chi connectivity index (χ3v) is 9.08. The normalized spacial score (nSPS) is 14.4. The molecule has 0 aliphatic carbocycles. The molecular formula is C34H45Br2N3O4. The van der Waals surface area contributed by atoms with E-state index in [1.807, 2.05) is 23.1 Å². The molecule has 1 atom stereocenters. The maximum atomic E-state index is 13.7. The van der Waals surface area contributed by atoms with Crippen molar-refractivity contribution in [1.29, 1.82) is 0 Å². The van der Waals surface area contributed by atoms with Gasteiger partial charge >= 0.3 is 0 Å². The molecule has 9 heteroatoms. The molecule has 0 bridgehead atoms. The lowest BCUT2D eigenvalue weighted by Crippen LogP contribution is -3.00. The number of quaternary nitrogens is 1. The molecule has 0 saturated heterocycles. The van der Waals surface area contributed by atoms with Crippen molar-refractivity contribution in [3.8, 4) is 17.2 Å². The van der Waals surface area contributed by atoms with Crippen LogP contribution >= 0.6 is 15.9 Å². The molecule has 1 aliphatic rings. The highest BCUT2D eigenvalue weighted by molar-refractivity contribution is 9.10. The molecule has 0 N–H and O–H groups in total. The average Bonchev–Trinajstić information content (AvgIpc) is 3.22. The molecule has 1 aliphatic heterocycles. The van der Waals surface area contributed by atoms with Crippen molar-refractivity contribution < 1.29 is 40.5 Å². The maximum absolute atomic E-state index is 13.7. The number of fused-ring (bicyclic) bond motifs is 1. The van der Waals surface area contributed by atoms with E-state index in [1.165, 1.54) is 16.7 Å². The second-order valence-corrected chi connectivity index (χ2v) is 12.3. The SMILES string of the molecule is CC[N+](CC)(CCCCN1C(=O)c2cc(Br)cnc2C1Cc1cc(OC)c(OC)c(OC)c1)Cc1cc(C)cc(C)c1.[Br-]. The number of hydrogen-bond donors (Lipinski definition) is 0. The van der Waals surface area contributed by atoms with E-state index in [2.05, 4.69) is 61.8 Å². The summed E-state index contributed by atoms with van der Waals surface area (Å²) in [5, 5.41) is 0. The molecule has 234 valence electrons. The van der Waals surface area contributed by atoms with Gasteiger partial charge in [-0.15, -0.1) is 0 Å². The van der Waals surface area contributed by atoms with Crippen molar-refractivity contribution in [2.45, 2.75) is 59.5 Å². The Kier molecular flexibility index (Phi) is 12.5. The summed E-state index contributed by atoms with van der Waals surface area (Å²) in [5.41, 5.74) is 6.53. The van der Waals surface area contributed by atoms with Gasteiger partial charge in [0.15, 0.2) is 11.5 Å². The maximum Gasteiger partial charge on any atom is 0.256 e. The molecule has 1 aromatic heterocycles. The monoisotopic (exact) mass is 717 g/mol. The quantitative estimate of drug-likeness (QED) is 0.186. The van der Waals surface area contributed by atoms with Crippen molar-refractivity contribution in [3.63, 3.8) is 0 Å². The summed E-state index contributed by atoms with van der Waals surface area (Å²) >= 11 is 3.51. The van der Waals surface area contributed by atoms with E-state index < -0.39 is 0 Å². The smallest absolute Gasteiger partial charge is 0.256 e. The van der Waals surface area contributed by atoms with Gasteiger partial charge in [-0.05, 0) is 86.6 Å². The number of benzene rings is 2. The summed E-state index contributed by atoms with van der Waals surface area (Å²) < 4.78 is 18.6. The van der Waals surface area contributed by atoms with Gasteiger partial charge in [-0.2, -0.15) is 0 Å². The van der Waals surface area contributed by atoms with E-state index in [-0.39, 0.29) is 28.9 Å². The van der Waals surface area contributed by atoms with Crippen LogP contribution in [0, 0.1) is 13.8 Å². The van der Waals surface area contributed by atoms with Gasteiger partial charge in [0.25, 0.3) is 5.91 Å². The van der Waals surface area contributed by atoms with E-state index in [9.17, 15) is 4.79 Å². The van der Waals surface area contributed by atoms with Crippen LogP contribution in [0.2, 0.25) is 0 Å². The summed E-state index contributed by atoms with van der Waals surface area (Å²) in [6.45, 7) is 13.9. The van der Waals surface area contributed by atoms with Crippen LogP contribution in [0.5, 0.6) is 17.2 Å². The molecule has 4 rings (SSSR count). The van der Waals surface area contributed by atoms with E-state index in [1.54, 1.807) is 27.5 Å². The summed E-state index contributed by atoms with van der Waals surface area (Å²) in [4.78, 5) is 20.4. The number of unbranched alkanes of at least 4 members (excludes halogenated alkanes) is 1. The molecule has 2 heterocycles. The fourth-order valence-electron chi connectivity index (χ4n) is 6.39. The molecular weight excluding hydrogens is 674 g/mol. The summed E-state index contributed by atoms with van der Waals surface area (Å²) in [6, 6.07) is 12.5. The minimum Gasteiger partial charge on any atom is -1.00 e. The molecule has 3 aromatic rings. The minimum absolute atomic E-state index is 0. The Labute approximate surface area is 276 Å². The summed E-state index contributed by atoms with van der Waals surface area (Å²) in [5.74, 6) is 1.80. The van der Waals surface area contributed by atoms with Crippen LogP contribution in [0.3, 0.4) is 0 Å². The fourth-order valence-corrected chi connectivity index (χ4v) is 6.72. The predicted octanol–water partition coefficient (Wildman–Crippen LogP) is 4.07. The van der Waals surface area contributed by atoms with Crippen molar-refractivity contribution in [3.05, 3.63) is 80.6 Å². The largest absolute Gasteiger partial charge is 1.00 e. The first-order valence-corrected chi connectivity index (χ1v) is 15.6. The average molecular weight is 720 g/mol. The first-order chi connectivity index (χ1) is 20.2. The van der Waals surface area contributed by atoms with E-state index in [4.69, 9.17) is 19.2 Å². The second kappa shape index (κ2) is 15.4. The molecule has 1 amide bonds. The Morgan fingerprint density at radius 3 is 2.07 bits per heavy atom. The third-order valence-electron chi connectivity index (χ3n) is 8.64. The van der Waals surface area contributed by atoms with Crippen LogP contribution in [0.15, 0.2) is 47.1 Å². The molecule has 0 radical (unpaired) electrons. The second-order valence-electron chi connectivity index (χ2n) is 11.4. The number of nitrogens with zero attached hydrogens (tertiary/aromatic N) is 3. The number of carbonyl (C=O) groups is 1.